The summed E-state index contributed by atoms with van der Waals surface area (Å²) < 4.78 is 11.9. The lowest BCUT2D eigenvalue weighted by atomic mass is 9.84. The second-order valence-corrected chi connectivity index (χ2v) is 13.0. The van der Waals surface area contributed by atoms with E-state index in [-0.39, 0.29) is 44.5 Å². The Bertz CT molecular complexity index is 2130. The van der Waals surface area contributed by atoms with E-state index < -0.39 is 11.2 Å². The van der Waals surface area contributed by atoms with Crippen molar-refractivity contribution in [1.29, 1.82) is 26.3 Å². The monoisotopic (exact) mass is 624 g/mol. The van der Waals surface area contributed by atoms with Crippen molar-refractivity contribution in [2.24, 2.45) is 0 Å². The largest absolute Gasteiger partial charge is 0.488 e. The van der Waals surface area contributed by atoms with Crippen LogP contribution in [0.4, 0.5) is 0 Å². The molecule has 0 spiro atoms. The molecule has 2 aliphatic carbocycles. The van der Waals surface area contributed by atoms with Gasteiger partial charge in [0.2, 0.25) is 0 Å². The van der Waals surface area contributed by atoms with Gasteiger partial charge >= 0.3 is 0 Å². The van der Waals surface area contributed by atoms with Crippen LogP contribution < -0.4 is 9.47 Å². The van der Waals surface area contributed by atoms with Gasteiger partial charge in [0, 0.05) is 33.9 Å². The van der Waals surface area contributed by atoms with Gasteiger partial charge in [0.1, 0.15) is 47.0 Å². The van der Waals surface area contributed by atoms with Crippen LogP contribution in [-0.2, 0) is 0 Å². The Kier molecular flexibility index (Phi) is 8.25. The molecule has 0 saturated carbocycles. The van der Waals surface area contributed by atoms with Crippen molar-refractivity contribution < 1.29 is 9.47 Å². The van der Waals surface area contributed by atoms with Gasteiger partial charge in [-0.1, -0.05) is 24.3 Å². The van der Waals surface area contributed by atoms with Crippen molar-refractivity contribution in [1.82, 2.24) is 0 Å². The molecule has 0 amide bonds. The molecule has 0 fully saturated rings. The third-order valence-electron chi connectivity index (χ3n) is 7.56. The summed E-state index contributed by atoms with van der Waals surface area (Å²) in [6, 6.07) is 25.0. The Hall–Kier alpha value is -6.84. The van der Waals surface area contributed by atoms with Crippen LogP contribution in [0.5, 0.6) is 11.5 Å². The number of ether oxygens (including phenoxy) is 2. The number of hydrogen-bond acceptors (Lipinski definition) is 7. The third kappa shape index (κ3) is 5.57. The van der Waals surface area contributed by atoms with Crippen molar-refractivity contribution in [3.63, 3.8) is 0 Å². The zero-order chi connectivity index (χ0) is 35.0. The first kappa shape index (κ1) is 32.6. The van der Waals surface area contributed by atoms with E-state index in [9.17, 15) is 26.3 Å². The summed E-state index contributed by atoms with van der Waals surface area (Å²) in [5.74, 6) is 1.20. The molecule has 48 heavy (non-hydrogen) atoms. The van der Waals surface area contributed by atoms with Gasteiger partial charge in [-0.2, -0.15) is 26.3 Å². The fourth-order valence-electron chi connectivity index (χ4n) is 6.09. The lowest BCUT2D eigenvalue weighted by molar-refractivity contribution is 0.130. The van der Waals surface area contributed by atoms with Gasteiger partial charge in [-0.25, -0.2) is 4.85 Å². The number of rotatable bonds is 4. The summed E-state index contributed by atoms with van der Waals surface area (Å²) in [5.41, 5.74) is 2.69. The van der Waals surface area contributed by atoms with Crippen molar-refractivity contribution in [2.45, 2.75) is 52.7 Å². The highest BCUT2D eigenvalue weighted by Gasteiger charge is 2.41. The molecule has 0 N–H and O–H groups in total. The van der Waals surface area contributed by atoms with Crippen molar-refractivity contribution in [3.05, 3.63) is 117 Å². The highest BCUT2D eigenvalue weighted by Crippen LogP contribution is 2.56. The molecule has 0 bridgehead atoms. The second-order valence-electron chi connectivity index (χ2n) is 13.0. The van der Waals surface area contributed by atoms with Crippen LogP contribution >= 0.6 is 0 Å². The van der Waals surface area contributed by atoms with E-state index in [1.54, 1.807) is 48.5 Å². The molecule has 8 heteroatoms. The number of hydrogen-bond donors (Lipinski definition) is 0. The smallest absolute Gasteiger partial charge is 0.162 e. The van der Waals surface area contributed by atoms with Crippen molar-refractivity contribution in [3.8, 4) is 41.8 Å². The van der Waals surface area contributed by atoms with Crippen LogP contribution in [0.1, 0.15) is 86.1 Å². The van der Waals surface area contributed by atoms with Crippen LogP contribution in [0, 0.1) is 63.2 Å². The summed E-state index contributed by atoms with van der Waals surface area (Å²) in [4.78, 5) is 3.52. The molecule has 0 aliphatic heterocycles. The molecule has 0 radical (unpaired) electrons. The summed E-state index contributed by atoms with van der Waals surface area (Å²) in [6.45, 7) is 19.3. The predicted octanol–water partition coefficient (Wildman–Crippen LogP) is 8.85. The molecule has 0 saturated heterocycles. The zero-order valence-corrected chi connectivity index (χ0v) is 27.3. The van der Waals surface area contributed by atoms with E-state index in [2.05, 4.69) is 29.1 Å². The summed E-state index contributed by atoms with van der Waals surface area (Å²) in [5, 5.41) is 52.5. The summed E-state index contributed by atoms with van der Waals surface area (Å²) >= 11 is 0. The maximum atomic E-state index is 10.7. The van der Waals surface area contributed by atoms with Gasteiger partial charge in [-0.15, -0.1) is 0 Å². The summed E-state index contributed by atoms with van der Waals surface area (Å²) in [6.07, 6.45) is 2.50. The van der Waals surface area contributed by atoms with E-state index in [0.717, 1.165) is 0 Å². The minimum absolute atomic E-state index is 0.0113. The minimum Gasteiger partial charge on any atom is -0.488 e. The first-order valence-corrected chi connectivity index (χ1v) is 14.9. The average molecular weight is 625 g/mol. The molecule has 0 heterocycles. The number of nitrogens with zero attached hydrogens (tertiary/aromatic N) is 6. The van der Waals surface area contributed by atoms with Crippen LogP contribution in [0.2, 0.25) is 0 Å². The normalized spacial score (nSPS) is 15.1. The standard InChI is InChI=1S/C40H28N6O2/c1-39(2,3)47-25-12-8-23(9-13-25)33-27(16-17-41)35-30(20-44)38-32(22-46-7)34(24-10-14-26(15-11-24)48-40(4,5)6)29(19-43)37(38)31(21-45)36(35)28(33)18-42/h8-16,22H,1-6H3/b27-16+,32-22+. The van der Waals surface area contributed by atoms with Crippen molar-refractivity contribution in [2.75, 3.05) is 0 Å². The molecule has 8 nitrogen and oxygen atoms in total. The fourth-order valence-corrected chi connectivity index (χ4v) is 6.09. The van der Waals surface area contributed by atoms with Gasteiger partial charge in [0.05, 0.1) is 34.9 Å². The quantitative estimate of drug-likeness (QED) is 0.208. The predicted molar refractivity (Wildman–Crippen MR) is 183 cm³/mol. The molecule has 5 rings (SSSR count). The highest BCUT2D eigenvalue weighted by atomic mass is 16.5. The molecule has 3 aromatic rings. The average Bonchev–Trinajstić information content (AvgIpc) is 3.52. The zero-order valence-electron chi connectivity index (χ0n) is 27.3. The number of nitriles is 5. The molecule has 230 valence electrons. The van der Waals surface area contributed by atoms with Crippen LogP contribution in [-0.4, -0.2) is 11.2 Å². The Balaban J connectivity index is 1.84. The second kappa shape index (κ2) is 12.2. The Morgan fingerprint density at radius 1 is 0.583 bits per heavy atom. The Morgan fingerprint density at radius 3 is 1.33 bits per heavy atom. The number of benzene rings is 3. The minimum atomic E-state index is -0.443. The van der Waals surface area contributed by atoms with E-state index in [1.165, 1.54) is 12.3 Å². The van der Waals surface area contributed by atoms with Gasteiger partial charge in [-0.05, 0) is 93.6 Å². The molecule has 3 aromatic carbocycles. The number of allylic oxidation sites excluding steroid dienone is 7. The molecule has 0 aromatic heterocycles. The molecule has 0 unspecified atom stereocenters. The maximum absolute atomic E-state index is 10.7. The van der Waals surface area contributed by atoms with Gasteiger partial charge in [0.15, 0.2) is 6.20 Å². The van der Waals surface area contributed by atoms with E-state index in [1.807, 2.05) is 47.6 Å². The molecule has 0 atom stereocenters. The highest BCUT2D eigenvalue weighted by molar-refractivity contribution is 6.30. The topological polar surface area (TPSA) is 142 Å². The molecular weight excluding hydrogens is 596 g/mol. The Labute approximate surface area is 280 Å². The maximum Gasteiger partial charge on any atom is 0.162 e. The van der Waals surface area contributed by atoms with E-state index >= 15 is 0 Å². The SMILES string of the molecule is [C-]#[N+]/C=C1\C(c2ccc(OC(C)(C)C)cc2)=C(C#N)c2c(C#N)c3c(c(C#N)c21)/C(=C/C#N)C(c1ccc(OC(C)(C)C)cc1)=C3C#N. The van der Waals surface area contributed by atoms with Crippen LogP contribution in [0.3, 0.4) is 0 Å². The lowest BCUT2D eigenvalue weighted by Gasteiger charge is -2.21. The van der Waals surface area contributed by atoms with E-state index in [0.29, 0.717) is 44.9 Å². The van der Waals surface area contributed by atoms with Crippen LogP contribution in [0.15, 0.2) is 60.8 Å². The van der Waals surface area contributed by atoms with Gasteiger partial charge < -0.3 is 9.47 Å². The first-order chi connectivity index (χ1) is 22.8. The third-order valence-corrected chi connectivity index (χ3v) is 7.56. The van der Waals surface area contributed by atoms with Crippen LogP contribution in [0.25, 0.3) is 38.3 Å². The van der Waals surface area contributed by atoms with E-state index in [4.69, 9.17) is 16.0 Å². The first-order valence-electron chi connectivity index (χ1n) is 14.9. The number of fused-ring (bicyclic) bond motifs is 2. The Morgan fingerprint density at radius 2 is 0.979 bits per heavy atom. The fraction of sp³-hybridized carbons (Fsp3) is 0.200. The molecule has 2 aliphatic rings. The van der Waals surface area contributed by atoms with Crippen molar-refractivity contribution >= 4 is 33.4 Å². The van der Waals surface area contributed by atoms with Gasteiger partial charge in [0.25, 0.3) is 0 Å². The summed E-state index contributed by atoms with van der Waals surface area (Å²) in [7, 11) is 0. The molecular formula is C40H28N6O2. The lowest BCUT2D eigenvalue weighted by Crippen LogP contribution is -2.22. The van der Waals surface area contributed by atoms with Gasteiger partial charge in [-0.3, -0.25) is 0 Å².